The minimum Gasteiger partial charge on any atom is -0.497 e. The van der Waals surface area contributed by atoms with Crippen molar-refractivity contribution >= 4 is 16.8 Å². The van der Waals surface area contributed by atoms with Gasteiger partial charge in [-0.15, -0.1) is 0 Å². The van der Waals surface area contributed by atoms with Crippen molar-refractivity contribution in [3.05, 3.63) is 88.1 Å². The molecule has 0 saturated heterocycles. The second kappa shape index (κ2) is 12.4. The van der Waals surface area contributed by atoms with Gasteiger partial charge in [0.2, 0.25) is 0 Å². The molecule has 0 spiro atoms. The van der Waals surface area contributed by atoms with E-state index in [0.717, 1.165) is 0 Å². The molecule has 6 rings (SSSR count). The van der Waals surface area contributed by atoms with E-state index in [1.807, 2.05) is 18.2 Å². The number of benzene rings is 4. The van der Waals surface area contributed by atoms with Crippen LogP contribution < -0.4 is 38.6 Å². The van der Waals surface area contributed by atoms with Crippen molar-refractivity contribution in [2.24, 2.45) is 0 Å². The lowest BCUT2D eigenvalue weighted by molar-refractivity contribution is 0.0845. The van der Waals surface area contributed by atoms with Crippen LogP contribution in [0.15, 0.2) is 75.9 Å². The Labute approximate surface area is 264 Å². The molecule has 0 N–H and O–H groups in total. The molecule has 0 bridgehead atoms. The van der Waals surface area contributed by atoms with Crippen LogP contribution in [-0.2, 0) is 0 Å². The predicted molar refractivity (Wildman–Crippen MR) is 171 cm³/mol. The maximum Gasteiger partial charge on any atom is 0.197 e. The molecule has 10 nitrogen and oxygen atoms in total. The van der Waals surface area contributed by atoms with Crippen molar-refractivity contribution < 1.29 is 42.4 Å². The molecular formula is C36H32O10. The largest absolute Gasteiger partial charge is 0.497 e. The van der Waals surface area contributed by atoms with Gasteiger partial charge in [0, 0.05) is 35.4 Å². The molecule has 4 aromatic carbocycles. The molecule has 1 atom stereocenters. The third-order valence-electron chi connectivity index (χ3n) is 8.03. The quantitative estimate of drug-likeness (QED) is 0.172. The summed E-state index contributed by atoms with van der Waals surface area (Å²) in [4.78, 5) is 27.3. The fourth-order valence-corrected chi connectivity index (χ4v) is 5.79. The first-order valence-corrected chi connectivity index (χ1v) is 14.3. The number of carbonyl (C=O) groups is 1. The smallest absolute Gasteiger partial charge is 0.197 e. The van der Waals surface area contributed by atoms with Gasteiger partial charge in [0.05, 0.1) is 54.6 Å². The maximum atomic E-state index is 13.7. The van der Waals surface area contributed by atoms with Crippen molar-refractivity contribution in [1.29, 1.82) is 0 Å². The van der Waals surface area contributed by atoms with Crippen molar-refractivity contribution in [2.45, 2.75) is 12.5 Å². The van der Waals surface area contributed by atoms with Gasteiger partial charge in [0.1, 0.15) is 68.6 Å². The molecule has 1 aliphatic rings. The molecule has 46 heavy (non-hydrogen) atoms. The molecule has 10 heteroatoms. The van der Waals surface area contributed by atoms with E-state index in [1.165, 1.54) is 34.5 Å². The van der Waals surface area contributed by atoms with Crippen LogP contribution in [0, 0.1) is 0 Å². The molecule has 236 valence electrons. The van der Waals surface area contributed by atoms with E-state index in [0.29, 0.717) is 68.1 Å². The molecule has 2 heterocycles. The Hall–Kier alpha value is -5.64. The van der Waals surface area contributed by atoms with E-state index in [9.17, 15) is 9.59 Å². The van der Waals surface area contributed by atoms with Gasteiger partial charge >= 0.3 is 0 Å². The average Bonchev–Trinajstić information content (AvgIpc) is 3.09. The lowest BCUT2D eigenvalue weighted by atomic mass is 9.89. The van der Waals surface area contributed by atoms with E-state index in [2.05, 4.69) is 0 Å². The topological polar surface area (TPSA) is 112 Å². The van der Waals surface area contributed by atoms with Crippen molar-refractivity contribution in [2.75, 3.05) is 42.7 Å². The number of ether oxygens (including phenoxy) is 7. The molecular weight excluding hydrogens is 592 g/mol. The molecule has 0 amide bonds. The third kappa shape index (κ3) is 5.21. The van der Waals surface area contributed by atoms with Crippen LogP contribution in [0.4, 0.5) is 0 Å². The Bertz CT molecular complexity index is 2010. The SMILES string of the molecule is COc1ccc(-c2cc(=O)c3c(OC)c(-c4cc(OC)ccc4C4CC(=O)c5c(OC)cc(OC)cc5O4)c(OC)cc3o2)cc1. The molecule has 0 radical (unpaired) electrons. The first-order chi connectivity index (χ1) is 22.3. The molecule has 1 aliphatic heterocycles. The van der Waals surface area contributed by atoms with Crippen LogP contribution in [-0.4, -0.2) is 48.4 Å². The van der Waals surface area contributed by atoms with Crippen LogP contribution >= 0.6 is 0 Å². The summed E-state index contributed by atoms with van der Waals surface area (Å²) in [5.41, 5.74) is 2.72. The summed E-state index contributed by atoms with van der Waals surface area (Å²) in [5, 5.41) is 0.227. The Kier molecular flexibility index (Phi) is 8.19. The fraction of sp³-hybridized carbons (Fsp3) is 0.222. The minimum absolute atomic E-state index is 0.0284. The molecule has 1 aromatic heterocycles. The summed E-state index contributed by atoms with van der Waals surface area (Å²) in [6.07, 6.45) is -0.683. The molecule has 1 unspecified atom stereocenters. The molecule has 5 aromatic rings. The maximum absolute atomic E-state index is 13.7. The van der Waals surface area contributed by atoms with Gasteiger partial charge in [0.15, 0.2) is 11.2 Å². The predicted octanol–water partition coefficient (Wildman–Crippen LogP) is 6.89. The monoisotopic (exact) mass is 624 g/mol. The van der Waals surface area contributed by atoms with Crippen LogP contribution in [0.1, 0.15) is 28.4 Å². The highest BCUT2D eigenvalue weighted by atomic mass is 16.5. The normalized spacial score (nSPS) is 13.9. The Balaban J connectivity index is 1.55. The lowest BCUT2D eigenvalue weighted by Gasteiger charge is -2.29. The van der Waals surface area contributed by atoms with Crippen molar-refractivity contribution in [3.63, 3.8) is 0 Å². The Morgan fingerprint density at radius 1 is 0.652 bits per heavy atom. The van der Waals surface area contributed by atoms with Gasteiger partial charge in [-0.2, -0.15) is 0 Å². The van der Waals surface area contributed by atoms with Crippen LogP contribution in [0.5, 0.6) is 40.2 Å². The highest BCUT2D eigenvalue weighted by molar-refractivity contribution is 6.03. The number of rotatable bonds is 9. The van der Waals surface area contributed by atoms with Gasteiger partial charge in [-0.25, -0.2) is 0 Å². The van der Waals surface area contributed by atoms with Gasteiger partial charge < -0.3 is 37.6 Å². The second-order valence-electron chi connectivity index (χ2n) is 10.5. The summed E-state index contributed by atoms with van der Waals surface area (Å²) in [5.74, 6) is 3.24. The minimum atomic E-state index is -0.711. The van der Waals surface area contributed by atoms with Crippen LogP contribution in [0.25, 0.3) is 33.4 Å². The number of methoxy groups -OCH3 is 6. The summed E-state index contributed by atoms with van der Waals surface area (Å²) >= 11 is 0. The zero-order valence-corrected chi connectivity index (χ0v) is 26.2. The van der Waals surface area contributed by atoms with Gasteiger partial charge in [-0.3, -0.25) is 9.59 Å². The van der Waals surface area contributed by atoms with Crippen molar-refractivity contribution in [3.8, 4) is 62.7 Å². The van der Waals surface area contributed by atoms with E-state index >= 15 is 0 Å². The first kappa shape index (κ1) is 30.4. The van der Waals surface area contributed by atoms with E-state index < -0.39 is 6.10 Å². The fourth-order valence-electron chi connectivity index (χ4n) is 5.79. The average molecular weight is 625 g/mol. The standard InChI is InChI=1S/C36H32O10/c1-39-20-9-7-19(8-10-20)27-16-26(38)35-32(45-27)18-30(43-5)33(36(35)44-6)24-13-21(40-2)11-12-23(24)28-17-25(37)34-29(42-4)14-22(41-3)15-31(34)46-28/h7-16,18,28H,17H2,1-6H3. The number of fused-ring (bicyclic) bond motifs is 2. The third-order valence-corrected chi connectivity index (χ3v) is 8.03. The number of ketones is 1. The number of hydrogen-bond donors (Lipinski definition) is 0. The van der Waals surface area contributed by atoms with E-state index in [-0.39, 0.29) is 34.4 Å². The molecule has 0 saturated carbocycles. The molecule has 0 aliphatic carbocycles. The summed E-state index contributed by atoms with van der Waals surface area (Å²) in [6, 6.07) is 19.0. The number of hydrogen-bond acceptors (Lipinski definition) is 10. The van der Waals surface area contributed by atoms with Gasteiger partial charge in [-0.1, -0.05) is 6.07 Å². The highest BCUT2D eigenvalue weighted by Gasteiger charge is 2.34. The Morgan fingerprint density at radius 3 is 1.98 bits per heavy atom. The van der Waals surface area contributed by atoms with Crippen molar-refractivity contribution in [1.82, 2.24) is 0 Å². The molecule has 0 fully saturated rings. The summed E-state index contributed by atoms with van der Waals surface area (Å²) < 4.78 is 46.2. The van der Waals surface area contributed by atoms with E-state index in [4.69, 9.17) is 37.6 Å². The van der Waals surface area contributed by atoms with Crippen LogP contribution in [0.2, 0.25) is 0 Å². The summed E-state index contributed by atoms with van der Waals surface area (Å²) in [6.45, 7) is 0. The van der Waals surface area contributed by atoms with Gasteiger partial charge in [0.25, 0.3) is 0 Å². The Morgan fingerprint density at radius 2 is 1.33 bits per heavy atom. The second-order valence-corrected chi connectivity index (χ2v) is 10.5. The first-order valence-electron chi connectivity index (χ1n) is 14.3. The zero-order chi connectivity index (χ0) is 32.5. The van der Waals surface area contributed by atoms with Gasteiger partial charge in [-0.05, 0) is 42.0 Å². The number of carbonyl (C=O) groups excluding carboxylic acids is 1. The number of Topliss-reactive ketones (excluding diaryl/α,β-unsaturated/α-hetero) is 1. The zero-order valence-electron chi connectivity index (χ0n) is 26.2. The summed E-state index contributed by atoms with van der Waals surface area (Å²) in [7, 11) is 9.15. The van der Waals surface area contributed by atoms with E-state index in [1.54, 1.807) is 56.7 Å². The van der Waals surface area contributed by atoms with Crippen LogP contribution in [0.3, 0.4) is 0 Å². The lowest BCUT2D eigenvalue weighted by Crippen LogP contribution is -2.22. The highest BCUT2D eigenvalue weighted by Crippen LogP contribution is 2.49.